The summed E-state index contributed by atoms with van der Waals surface area (Å²) in [6, 6.07) is 14.3. The van der Waals surface area contributed by atoms with Gasteiger partial charge in [-0.15, -0.1) is 0 Å². The molecular weight excluding hydrogens is 322 g/mol. The molecule has 0 aliphatic rings. The molecule has 1 aromatic heterocycles. The highest BCUT2D eigenvalue weighted by molar-refractivity contribution is 7.92. The molecule has 24 heavy (non-hydrogen) atoms. The summed E-state index contributed by atoms with van der Waals surface area (Å²) >= 11 is 0. The number of hydrogen-bond acceptors (Lipinski definition) is 3. The molecule has 2 aromatic carbocycles. The van der Waals surface area contributed by atoms with Crippen molar-refractivity contribution in [2.24, 2.45) is 0 Å². The van der Waals surface area contributed by atoms with Crippen molar-refractivity contribution in [1.29, 1.82) is 0 Å². The van der Waals surface area contributed by atoms with E-state index in [1.807, 2.05) is 50.4 Å². The molecule has 3 rings (SSSR count). The summed E-state index contributed by atoms with van der Waals surface area (Å²) in [7, 11) is -3.60. The fourth-order valence-corrected chi connectivity index (χ4v) is 3.54. The van der Waals surface area contributed by atoms with Gasteiger partial charge in [0.25, 0.3) is 10.0 Å². The SMILES string of the molecule is Cc1ccc(S(=O)(=O)Nc2cccc(Cn3cccn3)c2)cc1C. The van der Waals surface area contributed by atoms with Crippen LogP contribution >= 0.6 is 0 Å². The van der Waals surface area contributed by atoms with Gasteiger partial charge in [0.1, 0.15) is 0 Å². The van der Waals surface area contributed by atoms with Crippen LogP contribution in [0.25, 0.3) is 0 Å². The largest absolute Gasteiger partial charge is 0.280 e. The van der Waals surface area contributed by atoms with Crippen LogP contribution in [0.4, 0.5) is 5.69 Å². The molecule has 0 saturated heterocycles. The van der Waals surface area contributed by atoms with Crippen LogP contribution < -0.4 is 4.72 Å². The Morgan fingerprint density at radius 3 is 2.58 bits per heavy atom. The topological polar surface area (TPSA) is 64.0 Å². The molecule has 1 heterocycles. The number of anilines is 1. The average molecular weight is 341 g/mol. The maximum absolute atomic E-state index is 12.6. The van der Waals surface area contributed by atoms with Crippen LogP contribution in [0.3, 0.4) is 0 Å². The van der Waals surface area contributed by atoms with Crippen LogP contribution in [0, 0.1) is 13.8 Å². The molecule has 0 atom stereocenters. The molecule has 5 nitrogen and oxygen atoms in total. The Morgan fingerprint density at radius 1 is 1.04 bits per heavy atom. The third-order valence-corrected chi connectivity index (χ3v) is 5.25. The molecule has 0 spiro atoms. The zero-order valence-corrected chi connectivity index (χ0v) is 14.4. The molecule has 0 amide bonds. The van der Waals surface area contributed by atoms with Crippen molar-refractivity contribution in [1.82, 2.24) is 9.78 Å². The number of nitrogens with zero attached hydrogens (tertiary/aromatic N) is 2. The summed E-state index contributed by atoms with van der Waals surface area (Å²) in [5.74, 6) is 0. The quantitative estimate of drug-likeness (QED) is 0.774. The Bertz CT molecular complexity index is 948. The first-order chi connectivity index (χ1) is 11.4. The van der Waals surface area contributed by atoms with Crippen LogP contribution in [0.5, 0.6) is 0 Å². The third kappa shape index (κ3) is 3.65. The molecular formula is C18H19N3O2S. The Morgan fingerprint density at radius 2 is 1.88 bits per heavy atom. The van der Waals surface area contributed by atoms with Gasteiger partial charge in [-0.1, -0.05) is 18.2 Å². The second kappa shape index (κ2) is 6.49. The predicted octanol–water partition coefficient (Wildman–Crippen LogP) is 3.35. The smallest absolute Gasteiger partial charge is 0.261 e. The summed E-state index contributed by atoms with van der Waals surface area (Å²) < 4.78 is 29.6. The van der Waals surface area contributed by atoms with E-state index in [0.717, 1.165) is 16.7 Å². The van der Waals surface area contributed by atoms with E-state index in [1.165, 1.54) is 0 Å². The highest BCUT2D eigenvalue weighted by Crippen LogP contribution is 2.20. The van der Waals surface area contributed by atoms with Crippen LogP contribution in [0.2, 0.25) is 0 Å². The summed E-state index contributed by atoms with van der Waals surface area (Å²) in [6.07, 6.45) is 3.58. The van der Waals surface area contributed by atoms with Gasteiger partial charge < -0.3 is 0 Å². The second-order valence-corrected chi connectivity index (χ2v) is 7.44. The standard InChI is InChI=1S/C18H19N3O2S/c1-14-7-8-18(11-15(14)2)24(22,23)20-17-6-3-5-16(12-17)13-21-10-4-9-19-21/h3-12,20H,13H2,1-2H3. The van der Waals surface area contributed by atoms with Gasteiger partial charge in [0.05, 0.1) is 11.4 Å². The van der Waals surface area contributed by atoms with Gasteiger partial charge in [-0.05, 0) is 60.9 Å². The van der Waals surface area contributed by atoms with Gasteiger partial charge in [0.2, 0.25) is 0 Å². The molecule has 0 fully saturated rings. The second-order valence-electron chi connectivity index (χ2n) is 5.76. The van der Waals surface area contributed by atoms with Gasteiger partial charge in [-0.25, -0.2) is 8.42 Å². The molecule has 0 radical (unpaired) electrons. The highest BCUT2D eigenvalue weighted by Gasteiger charge is 2.15. The molecule has 124 valence electrons. The number of aryl methyl sites for hydroxylation is 2. The molecule has 3 aromatic rings. The zero-order chi connectivity index (χ0) is 17.2. The van der Waals surface area contributed by atoms with Crippen molar-refractivity contribution in [2.75, 3.05) is 4.72 Å². The number of hydrogen-bond donors (Lipinski definition) is 1. The van der Waals surface area contributed by atoms with Gasteiger partial charge in [0, 0.05) is 18.1 Å². The molecule has 6 heteroatoms. The number of rotatable bonds is 5. The lowest BCUT2D eigenvalue weighted by Crippen LogP contribution is -2.13. The minimum absolute atomic E-state index is 0.267. The minimum atomic E-state index is -3.60. The Kier molecular flexibility index (Phi) is 4.40. The summed E-state index contributed by atoms with van der Waals surface area (Å²) in [5.41, 5.74) is 3.53. The van der Waals surface area contributed by atoms with Crippen LogP contribution in [-0.2, 0) is 16.6 Å². The van der Waals surface area contributed by atoms with Crippen molar-refractivity contribution < 1.29 is 8.42 Å². The van der Waals surface area contributed by atoms with Crippen LogP contribution in [0.1, 0.15) is 16.7 Å². The molecule has 1 N–H and O–H groups in total. The monoisotopic (exact) mass is 341 g/mol. The van der Waals surface area contributed by atoms with E-state index in [2.05, 4.69) is 9.82 Å². The van der Waals surface area contributed by atoms with E-state index < -0.39 is 10.0 Å². The Labute approximate surface area is 142 Å². The lowest BCUT2D eigenvalue weighted by molar-refractivity contribution is 0.601. The number of sulfonamides is 1. The van der Waals surface area contributed by atoms with Crippen molar-refractivity contribution in [3.8, 4) is 0 Å². The lowest BCUT2D eigenvalue weighted by atomic mass is 10.1. The minimum Gasteiger partial charge on any atom is -0.280 e. The molecule has 0 saturated carbocycles. The summed E-state index contributed by atoms with van der Waals surface area (Å²) in [6.45, 7) is 4.45. The molecule has 0 unspecified atom stereocenters. The predicted molar refractivity (Wildman–Crippen MR) is 94.5 cm³/mol. The zero-order valence-electron chi connectivity index (χ0n) is 13.6. The normalized spacial score (nSPS) is 11.4. The van der Waals surface area contributed by atoms with Gasteiger partial charge in [-0.3, -0.25) is 9.40 Å². The van der Waals surface area contributed by atoms with Gasteiger partial charge >= 0.3 is 0 Å². The van der Waals surface area contributed by atoms with Gasteiger partial charge in [0.15, 0.2) is 0 Å². The first kappa shape index (κ1) is 16.3. The lowest BCUT2D eigenvalue weighted by Gasteiger charge is -2.11. The molecule has 0 bridgehead atoms. The molecule has 0 aliphatic heterocycles. The Hall–Kier alpha value is -2.60. The van der Waals surface area contributed by atoms with E-state index in [4.69, 9.17) is 0 Å². The van der Waals surface area contributed by atoms with Gasteiger partial charge in [-0.2, -0.15) is 5.10 Å². The van der Waals surface area contributed by atoms with Crippen molar-refractivity contribution >= 4 is 15.7 Å². The fraction of sp³-hybridized carbons (Fsp3) is 0.167. The van der Waals surface area contributed by atoms with Crippen LogP contribution in [0.15, 0.2) is 65.8 Å². The molecule has 0 aliphatic carbocycles. The van der Waals surface area contributed by atoms with E-state index in [0.29, 0.717) is 12.2 Å². The van der Waals surface area contributed by atoms with Crippen molar-refractivity contribution in [3.63, 3.8) is 0 Å². The van der Waals surface area contributed by atoms with E-state index >= 15 is 0 Å². The van der Waals surface area contributed by atoms with E-state index in [9.17, 15) is 8.42 Å². The van der Waals surface area contributed by atoms with Crippen molar-refractivity contribution in [3.05, 3.63) is 77.6 Å². The third-order valence-electron chi connectivity index (χ3n) is 3.87. The first-order valence-corrected chi connectivity index (χ1v) is 9.09. The van der Waals surface area contributed by atoms with E-state index in [-0.39, 0.29) is 4.90 Å². The van der Waals surface area contributed by atoms with Crippen LogP contribution in [-0.4, -0.2) is 18.2 Å². The highest BCUT2D eigenvalue weighted by atomic mass is 32.2. The van der Waals surface area contributed by atoms with E-state index in [1.54, 1.807) is 29.1 Å². The maximum atomic E-state index is 12.6. The summed E-state index contributed by atoms with van der Waals surface area (Å²) in [5, 5.41) is 4.16. The summed E-state index contributed by atoms with van der Waals surface area (Å²) in [4.78, 5) is 0.267. The fourth-order valence-electron chi connectivity index (χ4n) is 2.41. The first-order valence-electron chi connectivity index (χ1n) is 7.60. The van der Waals surface area contributed by atoms with Crippen molar-refractivity contribution in [2.45, 2.75) is 25.3 Å². The number of benzene rings is 2. The number of nitrogens with one attached hydrogen (secondary N) is 1. The average Bonchev–Trinajstić information content (AvgIpc) is 3.03. The Balaban J connectivity index is 1.83. The maximum Gasteiger partial charge on any atom is 0.261 e. The number of aromatic nitrogens is 2.